The quantitative estimate of drug-likeness (QED) is 0.0882. The zero-order valence-corrected chi connectivity index (χ0v) is 28.2. The van der Waals surface area contributed by atoms with E-state index in [1.165, 1.54) is 38.3 Å². The van der Waals surface area contributed by atoms with Crippen LogP contribution in [0.15, 0.2) is 94.3 Å². The van der Waals surface area contributed by atoms with Gasteiger partial charge in [-0.2, -0.15) is 13.1 Å². The van der Waals surface area contributed by atoms with E-state index in [9.17, 15) is 31.4 Å². The molecule has 15 heteroatoms. The number of alkyl halides is 2. The van der Waals surface area contributed by atoms with Crippen LogP contribution in [0.4, 0.5) is 8.78 Å². The molecular formula is C31H26BrClF2NO8PS. The molecule has 0 unspecified atom stereocenters. The molecule has 0 saturated carbocycles. The number of hydrogen-bond acceptors (Lipinski definition) is 6. The minimum Gasteiger partial charge on any atom is -0.495 e. The summed E-state index contributed by atoms with van der Waals surface area (Å²) in [6.45, 7) is 0.638. The molecule has 0 atom stereocenters. The average Bonchev–Trinajstić information content (AvgIpc) is 2.99. The van der Waals surface area contributed by atoms with Crippen LogP contribution >= 0.6 is 35.1 Å². The van der Waals surface area contributed by atoms with Crippen molar-refractivity contribution in [2.24, 2.45) is 0 Å². The smallest absolute Gasteiger partial charge is 0.399 e. The van der Waals surface area contributed by atoms with Gasteiger partial charge in [-0.25, -0.2) is 8.42 Å². The Morgan fingerprint density at radius 3 is 2.13 bits per heavy atom. The Kier molecular flexibility index (Phi) is 10.7. The number of sulfonamides is 1. The molecule has 2 N–H and O–H groups in total. The van der Waals surface area contributed by atoms with E-state index in [2.05, 4.69) is 15.9 Å². The molecule has 0 aliphatic rings. The topological polar surface area (TPSA) is 138 Å². The highest BCUT2D eigenvalue weighted by Crippen LogP contribution is 2.60. The minimum absolute atomic E-state index is 0.0723. The van der Waals surface area contributed by atoms with Crippen LogP contribution in [0.2, 0.25) is 5.02 Å². The normalized spacial score (nSPS) is 12.3. The third kappa shape index (κ3) is 7.63. The highest BCUT2D eigenvalue weighted by atomic mass is 79.9. The van der Waals surface area contributed by atoms with Crippen molar-refractivity contribution >= 4 is 56.7 Å². The summed E-state index contributed by atoms with van der Waals surface area (Å²) in [5.41, 5.74) is -3.43. The number of para-hydroxylation sites is 1. The fourth-order valence-corrected chi connectivity index (χ4v) is 7.52. The van der Waals surface area contributed by atoms with Gasteiger partial charge in [0.05, 0.1) is 17.7 Å². The summed E-state index contributed by atoms with van der Waals surface area (Å²) in [6, 6.07) is 20.5. The molecule has 0 aromatic heterocycles. The van der Waals surface area contributed by atoms with Gasteiger partial charge in [0.25, 0.3) is 0 Å². The van der Waals surface area contributed by atoms with Gasteiger partial charge in [0.15, 0.2) is 5.78 Å². The second-order valence-corrected chi connectivity index (χ2v) is 15.0. The van der Waals surface area contributed by atoms with Gasteiger partial charge in [0.1, 0.15) is 10.6 Å². The Morgan fingerprint density at radius 2 is 1.54 bits per heavy atom. The predicted molar refractivity (Wildman–Crippen MR) is 171 cm³/mol. The molecule has 0 fully saturated rings. The van der Waals surface area contributed by atoms with Crippen molar-refractivity contribution in [3.05, 3.63) is 117 Å². The molecule has 0 spiro atoms. The number of ketones is 2. The first-order chi connectivity index (χ1) is 21.4. The molecule has 0 aliphatic heterocycles. The number of hydrogen-bond donors (Lipinski definition) is 2. The summed E-state index contributed by atoms with van der Waals surface area (Å²) in [5.74, 6) is -1.18. The van der Waals surface area contributed by atoms with Crippen LogP contribution in [0.25, 0.3) is 11.1 Å². The van der Waals surface area contributed by atoms with E-state index in [1.54, 1.807) is 42.5 Å². The molecule has 4 aromatic rings. The van der Waals surface area contributed by atoms with E-state index >= 15 is 0 Å². The van der Waals surface area contributed by atoms with E-state index in [1.807, 2.05) is 0 Å². The third-order valence-corrected chi connectivity index (χ3v) is 10.5. The lowest BCUT2D eigenvalue weighted by molar-refractivity contribution is -0.113. The minimum atomic E-state index is -5.90. The van der Waals surface area contributed by atoms with E-state index in [-0.39, 0.29) is 34.9 Å². The molecule has 0 radical (unpaired) electrons. The molecule has 0 heterocycles. The Bertz CT molecular complexity index is 1970. The molecule has 0 amide bonds. The third-order valence-electron chi connectivity index (χ3n) is 6.90. The summed E-state index contributed by atoms with van der Waals surface area (Å²) in [7, 11) is -8.87. The number of carbonyl (C=O) groups excluding carboxylic acids is 2. The molecular weight excluding hydrogens is 731 g/mol. The fraction of sp³-hybridized carbons (Fsp3) is 0.161. The molecule has 0 saturated heterocycles. The van der Waals surface area contributed by atoms with Crippen LogP contribution in [0, 0.1) is 0 Å². The van der Waals surface area contributed by atoms with Crippen LogP contribution in [0.1, 0.15) is 34.0 Å². The van der Waals surface area contributed by atoms with E-state index in [0.717, 1.165) is 22.5 Å². The van der Waals surface area contributed by atoms with Crippen molar-refractivity contribution in [2.45, 2.75) is 30.6 Å². The first-order valence-corrected chi connectivity index (χ1v) is 17.5. The first kappa shape index (κ1) is 35.6. The summed E-state index contributed by atoms with van der Waals surface area (Å²) in [5, 5.41) is -0.651. The number of methoxy groups -OCH3 is 1. The number of rotatable bonds is 12. The fourth-order valence-electron chi connectivity index (χ4n) is 4.56. The van der Waals surface area contributed by atoms with Crippen LogP contribution in [-0.2, 0) is 38.1 Å². The standard InChI is InChI=1S/C31H26BrClF2NO8PS/c1-19(37)30(38)24-14-23(15-25(32)16-24)22-10-7-20(8-11-22)17-36(46(42,43)29-6-4-3-5-28(29)44-2)18-21-9-12-26(27(33)13-21)31(34,35)45(39,40)41/h3-16H,17-18H2,1-2H3,(H2,39,40,41). The van der Waals surface area contributed by atoms with Gasteiger partial charge in [0.2, 0.25) is 15.8 Å². The molecule has 4 aromatic carbocycles. The maximum absolute atomic E-state index is 14.4. The van der Waals surface area contributed by atoms with Gasteiger partial charge in [-0.3, -0.25) is 14.2 Å². The lowest BCUT2D eigenvalue weighted by atomic mass is 9.99. The number of halogens is 4. The van der Waals surface area contributed by atoms with Crippen molar-refractivity contribution in [1.29, 1.82) is 0 Å². The second kappa shape index (κ2) is 13.8. The lowest BCUT2D eigenvalue weighted by Crippen LogP contribution is -2.30. The van der Waals surface area contributed by atoms with Gasteiger partial charge in [-0.1, -0.05) is 76.1 Å². The van der Waals surface area contributed by atoms with E-state index in [0.29, 0.717) is 21.2 Å². The van der Waals surface area contributed by atoms with Crippen molar-refractivity contribution in [2.75, 3.05) is 7.11 Å². The van der Waals surface area contributed by atoms with Crippen molar-refractivity contribution in [3.8, 4) is 16.9 Å². The zero-order valence-electron chi connectivity index (χ0n) is 24.2. The second-order valence-electron chi connectivity index (χ2n) is 10.1. The summed E-state index contributed by atoms with van der Waals surface area (Å²) >= 11 is 9.38. The maximum Gasteiger partial charge on any atom is 0.399 e. The van der Waals surface area contributed by atoms with E-state index in [4.69, 9.17) is 26.1 Å². The van der Waals surface area contributed by atoms with Gasteiger partial charge in [-0.15, -0.1) is 0 Å². The molecule has 0 aliphatic carbocycles. The first-order valence-electron chi connectivity index (χ1n) is 13.3. The van der Waals surface area contributed by atoms with E-state index < -0.39 is 45.4 Å². The number of Topliss-reactive ketones (excluding diaryl/α,β-unsaturated/α-hetero) is 2. The van der Waals surface area contributed by atoms with Crippen molar-refractivity contribution < 1.29 is 45.9 Å². The zero-order chi connectivity index (χ0) is 34.0. The van der Waals surface area contributed by atoms with Crippen LogP contribution in [0.5, 0.6) is 5.75 Å². The molecule has 242 valence electrons. The van der Waals surface area contributed by atoms with Gasteiger partial charge in [0, 0.05) is 30.0 Å². The van der Waals surface area contributed by atoms with Gasteiger partial charge in [-0.05, 0) is 58.7 Å². The summed E-state index contributed by atoms with van der Waals surface area (Å²) in [4.78, 5) is 42.0. The SMILES string of the molecule is COc1ccccc1S(=O)(=O)N(Cc1ccc(-c2cc(Br)cc(C(=O)C(C)=O)c2)cc1)Cc1ccc(C(F)(F)P(=O)(O)O)c(Cl)c1. The Labute approximate surface area is 277 Å². The maximum atomic E-state index is 14.4. The molecule has 4 rings (SSSR count). The number of carbonyl (C=O) groups is 2. The highest BCUT2D eigenvalue weighted by Gasteiger charge is 2.51. The predicted octanol–water partition coefficient (Wildman–Crippen LogP) is 7.17. The van der Waals surface area contributed by atoms with Crippen molar-refractivity contribution in [1.82, 2.24) is 4.31 Å². The Hall–Kier alpha value is -3.29. The van der Waals surface area contributed by atoms with Gasteiger partial charge < -0.3 is 14.5 Å². The Balaban J connectivity index is 1.72. The molecule has 46 heavy (non-hydrogen) atoms. The number of benzene rings is 4. The Morgan fingerprint density at radius 1 is 0.935 bits per heavy atom. The summed E-state index contributed by atoms with van der Waals surface area (Å²) in [6.07, 6.45) is 0. The monoisotopic (exact) mass is 755 g/mol. The van der Waals surface area contributed by atoms with Crippen molar-refractivity contribution in [3.63, 3.8) is 0 Å². The lowest BCUT2D eigenvalue weighted by Gasteiger charge is -2.24. The van der Waals surface area contributed by atoms with Crippen LogP contribution < -0.4 is 4.74 Å². The molecule has 9 nitrogen and oxygen atoms in total. The summed E-state index contributed by atoms with van der Waals surface area (Å²) < 4.78 is 75.0. The number of nitrogens with zero attached hydrogens (tertiary/aromatic N) is 1. The van der Waals surface area contributed by atoms with Gasteiger partial charge >= 0.3 is 13.3 Å². The molecule has 0 bridgehead atoms. The van der Waals surface area contributed by atoms with Crippen LogP contribution in [0.3, 0.4) is 0 Å². The largest absolute Gasteiger partial charge is 0.495 e. The number of ether oxygens (including phenoxy) is 1. The average molecular weight is 757 g/mol. The van der Waals surface area contributed by atoms with Crippen LogP contribution in [-0.4, -0.2) is 41.2 Å². The highest BCUT2D eigenvalue weighted by molar-refractivity contribution is 9.10.